The lowest BCUT2D eigenvalue weighted by Crippen LogP contribution is -2.37. The molecule has 3 aromatic carbocycles. The molecular formula is C28H23NO2. The van der Waals surface area contributed by atoms with Crippen molar-refractivity contribution < 1.29 is 9.59 Å². The van der Waals surface area contributed by atoms with Crippen LogP contribution in [-0.2, 0) is 4.79 Å². The highest BCUT2D eigenvalue weighted by Crippen LogP contribution is 2.52. The van der Waals surface area contributed by atoms with Gasteiger partial charge in [-0.1, -0.05) is 80.6 Å². The van der Waals surface area contributed by atoms with Gasteiger partial charge in [0.1, 0.15) is 0 Å². The highest BCUT2D eigenvalue weighted by atomic mass is 16.1. The standard InChI is InChI=1S/C28H23NO2/c1-28(2)14-21-24(22(30)15-28)23(18-13-7-9-16-8-3-4-10-17(16)18)25-26(29-21)19-11-5-6-12-20(19)27(25)31/h3-13,23,29H,14-15H2,1-2H3/t23-/m1/s1. The maximum Gasteiger partial charge on any atom is 0.192 e. The van der Waals surface area contributed by atoms with E-state index < -0.39 is 0 Å². The van der Waals surface area contributed by atoms with Crippen LogP contribution in [0.5, 0.6) is 0 Å². The molecule has 0 bridgehead atoms. The Morgan fingerprint density at radius 1 is 0.806 bits per heavy atom. The number of ketones is 2. The van der Waals surface area contributed by atoms with Crippen LogP contribution in [0.15, 0.2) is 83.6 Å². The molecule has 0 radical (unpaired) electrons. The summed E-state index contributed by atoms with van der Waals surface area (Å²) >= 11 is 0. The van der Waals surface area contributed by atoms with Crippen molar-refractivity contribution in [3.8, 4) is 0 Å². The maximum atomic E-state index is 13.6. The van der Waals surface area contributed by atoms with Crippen molar-refractivity contribution in [2.75, 3.05) is 0 Å². The topological polar surface area (TPSA) is 46.2 Å². The predicted molar refractivity (Wildman–Crippen MR) is 123 cm³/mol. The molecule has 0 amide bonds. The van der Waals surface area contributed by atoms with E-state index in [0.717, 1.165) is 50.9 Å². The fourth-order valence-electron chi connectivity index (χ4n) is 5.60. The second-order valence-electron chi connectivity index (χ2n) is 9.62. The second-order valence-corrected chi connectivity index (χ2v) is 9.62. The summed E-state index contributed by atoms with van der Waals surface area (Å²) in [5.41, 5.74) is 5.93. The number of fused-ring (bicyclic) bond motifs is 3. The summed E-state index contributed by atoms with van der Waals surface area (Å²) < 4.78 is 0. The Morgan fingerprint density at radius 3 is 2.35 bits per heavy atom. The smallest absolute Gasteiger partial charge is 0.192 e. The third-order valence-electron chi connectivity index (χ3n) is 6.86. The minimum Gasteiger partial charge on any atom is -0.358 e. The maximum absolute atomic E-state index is 13.6. The molecule has 3 aromatic rings. The van der Waals surface area contributed by atoms with Gasteiger partial charge in [0.25, 0.3) is 0 Å². The predicted octanol–water partition coefficient (Wildman–Crippen LogP) is 5.78. The van der Waals surface area contributed by atoms with Crippen LogP contribution >= 0.6 is 0 Å². The Bertz CT molecular complexity index is 1370. The molecule has 1 N–H and O–H groups in total. The van der Waals surface area contributed by atoms with Crippen LogP contribution in [-0.4, -0.2) is 11.6 Å². The highest BCUT2D eigenvalue weighted by molar-refractivity contribution is 6.23. The van der Waals surface area contributed by atoms with Crippen LogP contribution in [0.4, 0.5) is 0 Å². The molecule has 6 rings (SSSR count). The van der Waals surface area contributed by atoms with Crippen LogP contribution < -0.4 is 5.32 Å². The number of Topliss-reactive ketones (excluding diaryl/α,β-unsaturated/α-hetero) is 2. The Hall–Kier alpha value is -3.46. The van der Waals surface area contributed by atoms with E-state index in [-0.39, 0.29) is 22.9 Å². The Morgan fingerprint density at radius 2 is 1.52 bits per heavy atom. The van der Waals surface area contributed by atoms with Crippen molar-refractivity contribution in [3.05, 3.63) is 100 Å². The average Bonchev–Trinajstić information content (AvgIpc) is 3.03. The third-order valence-corrected chi connectivity index (χ3v) is 6.86. The molecule has 0 fully saturated rings. The Labute approximate surface area is 181 Å². The number of allylic oxidation sites excluding steroid dienone is 3. The summed E-state index contributed by atoms with van der Waals surface area (Å²) in [4.78, 5) is 27.1. The van der Waals surface area contributed by atoms with E-state index >= 15 is 0 Å². The van der Waals surface area contributed by atoms with Crippen LogP contribution in [0.3, 0.4) is 0 Å². The van der Waals surface area contributed by atoms with Gasteiger partial charge in [-0.15, -0.1) is 0 Å². The first kappa shape index (κ1) is 18.3. The number of carbonyl (C=O) groups excluding carboxylic acids is 2. The minimum absolute atomic E-state index is 0.0280. The zero-order valence-corrected chi connectivity index (χ0v) is 17.7. The highest BCUT2D eigenvalue weighted by Gasteiger charge is 2.46. The van der Waals surface area contributed by atoms with Crippen LogP contribution in [0.1, 0.15) is 54.1 Å². The van der Waals surface area contributed by atoms with Gasteiger partial charge in [-0.3, -0.25) is 9.59 Å². The fourth-order valence-corrected chi connectivity index (χ4v) is 5.60. The van der Waals surface area contributed by atoms with Gasteiger partial charge in [-0.2, -0.15) is 0 Å². The van der Waals surface area contributed by atoms with Crippen LogP contribution in [0.2, 0.25) is 0 Å². The van der Waals surface area contributed by atoms with Gasteiger partial charge in [0.15, 0.2) is 11.6 Å². The second kappa shape index (κ2) is 6.27. The van der Waals surface area contributed by atoms with Crippen LogP contribution in [0.25, 0.3) is 16.5 Å². The molecular weight excluding hydrogens is 382 g/mol. The van der Waals surface area contributed by atoms with Gasteiger partial charge < -0.3 is 5.32 Å². The summed E-state index contributed by atoms with van der Waals surface area (Å²) in [5, 5.41) is 5.77. The molecule has 152 valence electrons. The zero-order chi connectivity index (χ0) is 21.3. The monoisotopic (exact) mass is 405 g/mol. The third kappa shape index (κ3) is 2.59. The van der Waals surface area contributed by atoms with E-state index in [0.29, 0.717) is 12.0 Å². The number of hydrogen-bond acceptors (Lipinski definition) is 3. The van der Waals surface area contributed by atoms with Gasteiger partial charge >= 0.3 is 0 Å². The first-order valence-corrected chi connectivity index (χ1v) is 10.8. The van der Waals surface area contributed by atoms with E-state index in [1.807, 2.05) is 42.5 Å². The summed E-state index contributed by atoms with van der Waals surface area (Å²) in [5.74, 6) is -0.173. The van der Waals surface area contributed by atoms with Crippen molar-refractivity contribution >= 4 is 28.0 Å². The number of dihydropyridines is 1. The molecule has 3 nitrogen and oxygen atoms in total. The number of hydrogen-bond donors (Lipinski definition) is 1. The lowest BCUT2D eigenvalue weighted by atomic mass is 9.68. The van der Waals surface area contributed by atoms with Crippen LogP contribution in [0, 0.1) is 5.41 Å². The van der Waals surface area contributed by atoms with E-state index in [4.69, 9.17) is 0 Å². The molecule has 1 heterocycles. The SMILES string of the molecule is CC1(C)CC(=O)C2=C(C1)NC1=C(C(=O)c3ccccc31)[C@@H]2c1cccc2ccccc12. The first-order valence-electron chi connectivity index (χ1n) is 10.8. The molecule has 31 heavy (non-hydrogen) atoms. The number of benzene rings is 3. The van der Waals surface area contributed by atoms with E-state index in [9.17, 15) is 9.59 Å². The minimum atomic E-state index is -0.346. The summed E-state index contributed by atoms with van der Waals surface area (Å²) in [6.07, 6.45) is 1.29. The Kier molecular flexibility index (Phi) is 3.71. The van der Waals surface area contributed by atoms with Gasteiger partial charge in [0, 0.05) is 40.3 Å². The number of rotatable bonds is 1. The van der Waals surface area contributed by atoms with Crippen molar-refractivity contribution in [1.82, 2.24) is 5.32 Å². The number of nitrogens with one attached hydrogen (secondary N) is 1. The zero-order valence-electron chi connectivity index (χ0n) is 17.7. The molecule has 0 aromatic heterocycles. The molecule has 3 heteroatoms. The van der Waals surface area contributed by atoms with Gasteiger partial charge in [-0.25, -0.2) is 0 Å². The molecule has 0 unspecified atom stereocenters. The van der Waals surface area contributed by atoms with E-state index in [2.05, 4.69) is 43.4 Å². The van der Waals surface area contributed by atoms with E-state index in [1.54, 1.807) is 0 Å². The summed E-state index contributed by atoms with van der Waals surface area (Å²) in [6, 6.07) is 22.2. The largest absolute Gasteiger partial charge is 0.358 e. The lowest BCUT2D eigenvalue weighted by Gasteiger charge is -2.39. The molecule has 0 saturated heterocycles. The van der Waals surface area contributed by atoms with Crippen molar-refractivity contribution in [2.45, 2.75) is 32.6 Å². The lowest BCUT2D eigenvalue weighted by molar-refractivity contribution is -0.118. The quantitative estimate of drug-likeness (QED) is 0.558. The molecule has 0 saturated carbocycles. The van der Waals surface area contributed by atoms with Crippen molar-refractivity contribution in [1.29, 1.82) is 0 Å². The van der Waals surface area contributed by atoms with Gasteiger partial charge in [-0.05, 0) is 28.2 Å². The van der Waals surface area contributed by atoms with Gasteiger partial charge in [0.2, 0.25) is 0 Å². The summed E-state index contributed by atoms with van der Waals surface area (Å²) in [7, 11) is 0. The normalized spacial score (nSPS) is 21.7. The van der Waals surface area contributed by atoms with Crippen molar-refractivity contribution in [2.24, 2.45) is 5.41 Å². The molecule has 1 aliphatic heterocycles. The van der Waals surface area contributed by atoms with Gasteiger partial charge in [0.05, 0.1) is 5.70 Å². The first-order chi connectivity index (χ1) is 14.9. The van der Waals surface area contributed by atoms with E-state index in [1.165, 1.54) is 0 Å². The molecule has 2 aliphatic carbocycles. The fraction of sp³-hybridized carbons (Fsp3) is 0.214. The molecule has 3 aliphatic rings. The average molecular weight is 405 g/mol. The molecule has 1 atom stereocenters. The molecule has 0 spiro atoms. The Balaban J connectivity index is 1.66. The van der Waals surface area contributed by atoms with Crippen molar-refractivity contribution in [3.63, 3.8) is 0 Å². The summed E-state index contributed by atoms with van der Waals surface area (Å²) in [6.45, 7) is 4.28. The number of carbonyl (C=O) groups is 2.